The molecule has 0 aliphatic rings. The molecule has 0 aliphatic carbocycles. The first-order valence-electron chi connectivity index (χ1n) is 5.72. The summed E-state index contributed by atoms with van der Waals surface area (Å²) >= 11 is 0. The maximum absolute atomic E-state index is 13.6. The van der Waals surface area contributed by atoms with Crippen LogP contribution in [0, 0.1) is 26.6 Å². The molecule has 0 aliphatic heterocycles. The van der Waals surface area contributed by atoms with E-state index in [0.29, 0.717) is 12.1 Å². The molecule has 3 heteroatoms. The Morgan fingerprint density at radius 3 is 2.35 bits per heavy atom. The summed E-state index contributed by atoms with van der Waals surface area (Å²) in [7, 11) is 0. The van der Waals surface area contributed by atoms with E-state index in [0.717, 1.165) is 17.0 Å². The van der Waals surface area contributed by atoms with Crippen LogP contribution in [0.25, 0.3) is 0 Å². The third-order valence-corrected chi connectivity index (χ3v) is 2.90. The summed E-state index contributed by atoms with van der Waals surface area (Å²) in [4.78, 5) is 0. The smallest absolute Gasteiger partial charge is 0.128 e. The van der Waals surface area contributed by atoms with Gasteiger partial charge in [-0.1, -0.05) is 17.7 Å². The number of aromatic nitrogens is 1. The maximum atomic E-state index is 13.6. The zero-order valence-corrected chi connectivity index (χ0v) is 10.4. The van der Waals surface area contributed by atoms with Gasteiger partial charge in [0.25, 0.3) is 0 Å². The van der Waals surface area contributed by atoms with Crippen molar-refractivity contribution < 1.29 is 4.39 Å². The molecule has 0 bridgehead atoms. The average molecular weight is 232 g/mol. The lowest BCUT2D eigenvalue weighted by atomic mass is 10.1. The minimum Gasteiger partial charge on any atom is -0.321 e. The fraction of sp³-hybridized carbons (Fsp3) is 0.286. The van der Waals surface area contributed by atoms with Crippen molar-refractivity contribution in [1.29, 1.82) is 0 Å². The topological polar surface area (TPSA) is 17.0 Å². The van der Waals surface area contributed by atoms with Crippen LogP contribution in [0.2, 0.25) is 0 Å². The highest BCUT2D eigenvalue weighted by Gasteiger charge is 2.04. The Bertz CT molecular complexity index is 510. The Hall–Kier alpha value is -1.77. The van der Waals surface area contributed by atoms with Gasteiger partial charge in [-0.25, -0.2) is 4.39 Å². The number of rotatable bonds is 3. The molecule has 2 aromatic rings. The van der Waals surface area contributed by atoms with Crippen molar-refractivity contribution in [2.24, 2.45) is 0 Å². The summed E-state index contributed by atoms with van der Waals surface area (Å²) < 4.78 is 15.5. The van der Waals surface area contributed by atoms with Gasteiger partial charge in [0.05, 0.1) is 6.54 Å². The summed E-state index contributed by atoms with van der Waals surface area (Å²) in [5.74, 6) is -0.162. The Kier molecular flexibility index (Phi) is 3.18. The van der Waals surface area contributed by atoms with Crippen LogP contribution in [0.5, 0.6) is 0 Å². The van der Waals surface area contributed by atoms with Crippen molar-refractivity contribution in [3.05, 3.63) is 58.7 Å². The van der Waals surface area contributed by atoms with Crippen molar-refractivity contribution in [2.45, 2.75) is 27.3 Å². The van der Waals surface area contributed by atoms with Crippen molar-refractivity contribution in [3.63, 3.8) is 0 Å². The quantitative estimate of drug-likeness (QED) is 0.859. The molecule has 2 nitrogen and oxygen atoms in total. The molecule has 1 aromatic carbocycles. The van der Waals surface area contributed by atoms with Crippen molar-refractivity contribution >= 4 is 0 Å². The first kappa shape index (κ1) is 11.7. The second-order valence-corrected chi connectivity index (χ2v) is 4.38. The van der Waals surface area contributed by atoms with E-state index in [2.05, 4.69) is 5.43 Å². The van der Waals surface area contributed by atoms with Crippen LogP contribution >= 0.6 is 0 Å². The number of hydrogen-bond donors (Lipinski definition) is 1. The van der Waals surface area contributed by atoms with E-state index >= 15 is 0 Å². The van der Waals surface area contributed by atoms with Gasteiger partial charge >= 0.3 is 0 Å². The lowest BCUT2D eigenvalue weighted by Gasteiger charge is -2.13. The normalized spacial score (nSPS) is 10.6. The average Bonchev–Trinajstić information content (AvgIpc) is 2.61. The van der Waals surface area contributed by atoms with Gasteiger partial charge in [0.1, 0.15) is 5.82 Å². The first-order chi connectivity index (χ1) is 8.08. The molecule has 0 amide bonds. The second-order valence-electron chi connectivity index (χ2n) is 4.38. The van der Waals surface area contributed by atoms with Crippen molar-refractivity contribution in [1.82, 2.24) is 4.68 Å². The van der Waals surface area contributed by atoms with Crippen LogP contribution in [-0.4, -0.2) is 4.68 Å². The molecule has 0 unspecified atom stereocenters. The number of nitrogens with zero attached hydrogens (tertiary/aromatic N) is 1. The van der Waals surface area contributed by atoms with Gasteiger partial charge in [-0.15, -0.1) is 0 Å². The predicted molar refractivity (Wildman–Crippen MR) is 68.1 cm³/mol. The van der Waals surface area contributed by atoms with E-state index < -0.39 is 0 Å². The maximum Gasteiger partial charge on any atom is 0.128 e. The highest BCUT2D eigenvalue weighted by molar-refractivity contribution is 5.25. The van der Waals surface area contributed by atoms with Crippen molar-refractivity contribution in [3.8, 4) is 0 Å². The lowest BCUT2D eigenvalue weighted by molar-refractivity contribution is 0.607. The van der Waals surface area contributed by atoms with E-state index in [1.54, 1.807) is 6.07 Å². The Labute approximate surface area is 101 Å². The Morgan fingerprint density at radius 2 is 1.71 bits per heavy atom. The minimum absolute atomic E-state index is 0.162. The molecule has 0 saturated heterocycles. The predicted octanol–water partition coefficient (Wildman–Crippen LogP) is 3.30. The molecule has 0 radical (unpaired) electrons. The SMILES string of the molecule is Cc1ccc(F)c(CNn2c(C)ccc2C)c1. The van der Waals surface area contributed by atoms with E-state index in [-0.39, 0.29) is 5.82 Å². The summed E-state index contributed by atoms with van der Waals surface area (Å²) in [5.41, 5.74) is 7.23. The summed E-state index contributed by atoms with van der Waals surface area (Å²) in [6, 6.07) is 9.24. The fourth-order valence-electron chi connectivity index (χ4n) is 1.92. The van der Waals surface area contributed by atoms with Gasteiger partial charge in [-0.2, -0.15) is 0 Å². The second kappa shape index (κ2) is 4.62. The molecular weight excluding hydrogens is 215 g/mol. The Balaban J connectivity index is 2.15. The molecule has 1 aromatic heterocycles. The number of aryl methyl sites for hydroxylation is 3. The van der Waals surface area contributed by atoms with Crippen molar-refractivity contribution in [2.75, 3.05) is 5.43 Å². The molecule has 90 valence electrons. The van der Waals surface area contributed by atoms with Crippen LogP contribution < -0.4 is 5.43 Å². The minimum atomic E-state index is -0.162. The van der Waals surface area contributed by atoms with Gasteiger partial charge in [0.15, 0.2) is 0 Å². The zero-order chi connectivity index (χ0) is 12.4. The van der Waals surface area contributed by atoms with Crippen LogP contribution in [0.3, 0.4) is 0 Å². The first-order valence-corrected chi connectivity index (χ1v) is 5.72. The molecule has 0 fully saturated rings. The monoisotopic (exact) mass is 232 g/mol. The number of benzene rings is 1. The standard InChI is InChI=1S/C14H17FN2/c1-10-4-7-14(15)13(8-10)9-16-17-11(2)5-6-12(17)3/h4-8,16H,9H2,1-3H3. The van der Waals surface area contributed by atoms with E-state index in [1.807, 2.05) is 43.6 Å². The molecule has 0 spiro atoms. The van der Waals surface area contributed by atoms with E-state index in [9.17, 15) is 4.39 Å². The number of hydrogen-bond acceptors (Lipinski definition) is 1. The molecule has 1 heterocycles. The molecular formula is C14H17FN2. The highest BCUT2D eigenvalue weighted by atomic mass is 19.1. The highest BCUT2D eigenvalue weighted by Crippen LogP contribution is 2.11. The molecule has 0 saturated carbocycles. The van der Waals surface area contributed by atoms with Crippen LogP contribution in [0.1, 0.15) is 22.5 Å². The summed E-state index contributed by atoms with van der Waals surface area (Å²) in [6.07, 6.45) is 0. The molecule has 1 N–H and O–H groups in total. The summed E-state index contributed by atoms with van der Waals surface area (Å²) in [5, 5.41) is 0. The van der Waals surface area contributed by atoms with E-state index in [4.69, 9.17) is 0 Å². The fourth-order valence-corrected chi connectivity index (χ4v) is 1.92. The third kappa shape index (κ3) is 2.49. The number of nitrogens with one attached hydrogen (secondary N) is 1. The van der Waals surface area contributed by atoms with Crippen LogP contribution in [0.15, 0.2) is 30.3 Å². The van der Waals surface area contributed by atoms with Gasteiger partial charge in [-0.3, -0.25) is 4.68 Å². The van der Waals surface area contributed by atoms with Crippen LogP contribution in [-0.2, 0) is 6.54 Å². The Morgan fingerprint density at radius 1 is 1.06 bits per heavy atom. The van der Waals surface area contributed by atoms with Gasteiger partial charge in [0, 0.05) is 17.0 Å². The molecule has 0 atom stereocenters. The van der Waals surface area contributed by atoms with E-state index in [1.165, 1.54) is 6.07 Å². The molecule has 17 heavy (non-hydrogen) atoms. The summed E-state index contributed by atoms with van der Waals surface area (Å²) in [6.45, 7) is 6.50. The lowest BCUT2D eigenvalue weighted by Crippen LogP contribution is -2.17. The molecule has 2 rings (SSSR count). The van der Waals surface area contributed by atoms with Gasteiger partial charge in [-0.05, 0) is 39.0 Å². The number of halogens is 1. The van der Waals surface area contributed by atoms with Crippen LogP contribution in [0.4, 0.5) is 4.39 Å². The third-order valence-electron chi connectivity index (χ3n) is 2.90. The van der Waals surface area contributed by atoms with Gasteiger partial charge < -0.3 is 5.43 Å². The zero-order valence-electron chi connectivity index (χ0n) is 10.4. The largest absolute Gasteiger partial charge is 0.321 e. The van der Waals surface area contributed by atoms with Gasteiger partial charge in [0.2, 0.25) is 0 Å².